The highest BCUT2D eigenvalue weighted by molar-refractivity contribution is 14.1. The third kappa shape index (κ3) is 1.29. The SMILES string of the molecule is [CH2]c1scc2ccc(I)cc12. The highest BCUT2D eigenvalue weighted by atomic mass is 127. The molecule has 0 saturated carbocycles. The first-order valence-corrected chi connectivity index (χ1v) is 5.22. The van der Waals surface area contributed by atoms with Crippen molar-refractivity contribution < 1.29 is 0 Å². The maximum atomic E-state index is 3.97. The van der Waals surface area contributed by atoms with Crippen LogP contribution < -0.4 is 0 Å². The molecule has 0 aliphatic rings. The van der Waals surface area contributed by atoms with Crippen molar-refractivity contribution in [2.45, 2.75) is 0 Å². The minimum atomic E-state index is 1.17. The summed E-state index contributed by atoms with van der Waals surface area (Å²) in [7, 11) is 0. The van der Waals surface area contributed by atoms with E-state index in [9.17, 15) is 0 Å². The fourth-order valence-electron chi connectivity index (χ4n) is 1.07. The van der Waals surface area contributed by atoms with Gasteiger partial charge in [-0.05, 0) is 57.8 Å². The highest BCUT2D eigenvalue weighted by Gasteiger charge is 1.98. The Bertz CT molecular complexity index is 389. The van der Waals surface area contributed by atoms with Crippen LogP contribution in [0.4, 0.5) is 0 Å². The lowest BCUT2D eigenvalue weighted by atomic mass is 10.2. The van der Waals surface area contributed by atoms with Crippen LogP contribution in [0.3, 0.4) is 0 Å². The molecule has 0 spiro atoms. The van der Waals surface area contributed by atoms with Gasteiger partial charge >= 0.3 is 0 Å². The summed E-state index contributed by atoms with van der Waals surface area (Å²) in [5, 5.41) is 4.75. The molecule has 1 radical (unpaired) electrons. The first kappa shape index (κ1) is 7.55. The molecule has 0 aliphatic heterocycles. The van der Waals surface area contributed by atoms with Crippen molar-refractivity contribution in [3.05, 3.63) is 39.0 Å². The molecule has 0 amide bonds. The van der Waals surface area contributed by atoms with E-state index in [0.717, 1.165) is 0 Å². The Morgan fingerprint density at radius 3 is 3.00 bits per heavy atom. The van der Waals surface area contributed by atoms with Crippen LogP contribution in [-0.4, -0.2) is 0 Å². The average molecular weight is 273 g/mol. The number of hydrogen-bond acceptors (Lipinski definition) is 1. The lowest BCUT2D eigenvalue weighted by Crippen LogP contribution is -1.70. The van der Waals surface area contributed by atoms with E-state index in [-0.39, 0.29) is 0 Å². The quantitative estimate of drug-likeness (QED) is 0.642. The third-order valence-electron chi connectivity index (χ3n) is 1.64. The van der Waals surface area contributed by atoms with E-state index in [2.05, 4.69) is 53.1 Å². The van der Waals surface area contributed by atoms with Crippen LogP contribution in [0.25, 0.3) is 10.8 Å². The smallest absolute Gasteiger partial charge is 0.0137 e. The van der Waals surface area contributed by atoms with E-state index in [4.69, 9.17) is 0 Å². The zero-order valence-electron chi connectivity index (χ0n) is 5.80. The molecule has 2 aromatic rings. The Morgan fingerprint density at radius 2 is 2.18 bits per heavy atom. The van der Waals surface area contributed by atoms with Crippen LogP contribution in [0.15, 0.2) is 23.6 Å². The summed E-state index contributed by atoms with van der Waals surface area (Å²) >= 11 is 4.03. The van der Waals surface area contributed by atoms with Gasteiger partial charge in [-0.1, -0.05) is 6.07 Å². The Hall–Kier alpha value is -0.0900. The molecule has 55 valence electrons. The summed E-state index contributed by atoms with van der Waals surface area (Å²) in [4.78, 5) is 1.17. The Labute approximate surface area is 83.4 Å². The fraction of sp³-hybridized carbons (Fsp3) is 0. The predicted octanol–water partition coefficient (Wildman–Crippen LogP) is 3.69. The molecule has 0 nitrogen and oxygen atoms in total. The standard InChI is InChI=1S/C9H6IS/c1-6-9-4-8(10)3-2-7(9)5-11-6/h2-5H,1H2. The largest absolute Gasteiger partial charge is 0.148 e. The van der Waals surface area contributed by atoms with Gasteiger partial charge in [0.05, 0.1) is 0 Å². The fourth-order valence-corrected chi connectivity index (χ4v) is 2.34. The summed E-state index contributed by atoms with van der Waals surface area (Å²) in [6.07, 6.45) is 0. The Morgan fingerprint density at radius 1 is 1.36 bits per heavy atom. The number of rotatable bonds is 0. The van der Waals surface area contributed by atoms with E-state index < -0.39 is 0 Å². The van der Waals surface area contributed by atoms with Crippen LogP contribution in [0, 0.1) is 10.5 Å². The van der Waals surface area contributed by atoms with E-state index in [0.29, 0.717) is 0 Å². The first-order chi connectivity index (χ1) is 5.27. The van der Waals surface area contributed by atoms with Crippen LogP contribution in [-0.2, 0) is 0 Å². The predicted molar refractivity (Wildman–Crippen MR) is 59.0 cm³/mol. The molecule has 1 heterocycles. The lowest BCUT2D eigenvalue weighted by Gasteiger charge is -1.91. The molecule has 0 aliphatic carbocycles. The van der Waals surface area contributed by atoms with Gasteiger partial charge in [0.2, 0.25) is 0 Å². The molecule has 2 heteroatoms. The molecule has 1 aromatic heterocycles. The topological polar surface area (TPSA) is 0 Å². The molecule has 1 aromatic carbocycles. The highest BCUT2D eigenvalue weighted by Crippen LogP contribution is 2.25. The van der Waals surface area contributed by atoms with Crippen LogP contribution >= 0.6 is 33.9 Å². The lowest BCUT2D eigenvalue weighted by molar-refractivity contribution is 1.74. The van der Waals surface area contributed by atoms with E-state index in [1.165, 1.54) is 19.2 Å². The third-order valence-corrected chi connectivity index (χ3v) is 3.19. The van der Waals surface area contributed by atoms with Crippen LogP contribution in [0.1, 0.15) is 4.88 Å². The zero-order chi connectivity index (χ0) is 7.84. The van der Waals surface area contributed by atoms with Crippen molar-refractivity contribution in [2.24, 2.45) is 0 Å². The van der Waals surface area contributed by atoms with Crippen molar-refractivity contribution >= 4 is 44.7 Å². The normalized spacial score (nSPS) is 10.7. The van der Waals surface area contributed by atoms with E-state index in [1.54, 1.807) is 11.3 Å². The molecule has 0 fully saturated rings. The first-order valence-electron chi connectivity index (χ1n) is 3.26. The Balaban J connectivity index is 2.87. The minimum Gasteiger partial charge on any atom is -0.148 e. The average Bonchev–Trinajstić information content (AvgIpc) is 2.33. The maximum Gasteiger partial charge on any atom is 0.0137 e. The van der Waals surface area contributed by atoms with Crippen molar-refractivity contribution in [3.8, 4) is 0 Å². The molecular formula is C9H6IS. The van der Waals surface area contributed by atoms with Gasteiger partial charge in [0.1, 0.15) is 0 Å². The van der Waals surface area contributed by atoms with Crippen molar-refractivity contribution in [1.29, 1.82) is 0 Å². The van der Waals surface area contributed by atoms with E-state index in [1.807, 2.05) is 0 Å². The zero-order valence-corrected chi connectivity index (χ0v) is 8.78. The van der Waals surface area contributed by atoms with Gasteiger partial charge < -0.3 is 0 Å². The molecular weight excluding hydrogens is 267 g/mol. The molecule has 0 saturated heterocycles. The number of fused-ring (bicyclic) bond motifs is 1. The number of thiophene rings is 1. The summed E-state index contributed by atoms with van der Waals surface area (Å²) in [6.45, 7) is 3.97. The summed E-state index contributed by atoms with van der Waals surface area (Å²) in [6, 6.07) is 6.44. The van der Waals surface area contributed by atoms with Crippen molar-refractivity contribution in [3.63, 3.8) is 0 Å². The summed E-state index contributed by atoms with van der Waals surface area (Å²) in [5.74, 6) is 0. The molecule has 0 N–H and O–H groups in total. The van der Waals surface area contributed by atoms with Crippen molar-refractivity contribution in [2.75, 3.05) is 0 Å². The van der Waals surface area contributed by atoms with Gasteiger partial charge in [0.25, 0.3) is 0 Å². The molecule has 11 heavy (non-hydrogen) atoms. The van der Waals surface area contributed by atoms with Gasteiger partial charge in [-0.2, -0.15) is 0 Å². The second-order valence-corrected chi connectivity index (χ2v) is 4.60. The van der Waals surface area contributed by atoms with Gasteiger partial charge in [0, 0.05) is 8.45 Å². The summed E-state index contributed by atoms with van der Waals surface area (Å²) in [5.41, 5.74) is 0. The second-order valence-electron chi connectivity index (χ2n) is 2.39. The second kappa shape index (κ2) is 2.75. The maximum absolute atomic E-state index is 3.97. The minimum absolute atomic E-state index is 1.17. The molecule has 2 rings (SSSR count). The molecule has 0 bridgehead atoms. The Kier molecular flexibility index (Phi) is 1.89. The number of halogens is 1. The van der Waals surface area contributed by atoms with Gasteiger partial charge in [-0.15, -0.1) is 11.3 Å². The van der Waals surface area contributed by atoms with Gasteiger partial charge in [-0.25, -0.2) is 0 Å². The van der Waals surface area contributed by atoms with E-state index >= 15 is 0 Å². The van der Waals surface area contributed by atoms with Gasteiger partial charge in [-0.3, -0.25) is 0 Å². The number of hydrogen-bond donors (Lipinski definition) is 0. The van der Waals surface area contributed by atoms with Gasteiger partial charge in [0.15, 0.2) is 0 Å². The van der Waals surface area contributed by atoms with Crippen LogP contribution in [0.2, 0.25) is 0 Å². The van der Waals surface area contributed by atoms with Crippen LogP contribution in [0.5, 0.6) is 0 Å². The summed E-state index contributed by atoms with van der Waals surface area (Å²) < 4.78 is 1.28. The van der Waals surface area contributed by atoms with Crippen molar-refractivity contribution in [1.82, 2.24) is 0 Å². The molecule has 0 unspecified atom stereocenters. The molecule has 0 atom stereocenters. The monoisotopic (exact) mass is 273 g/mol. The number of benzene rings is 1.